The molecule has 5 heterocycles. The average molecular weight is 541 g/mol. The number of fused-ring (bicyclic) bond motifs is 2. The summed E-state index contributed by atoms with van der Waals surface area (Å²) in [5.41, 5.74) is 0.799. The van der Waals surface area contributed by atoms with E-state index in [0.29, 0.717) is 30.7 Å². The molecule has 5 atom stereocenters. The van der Waals surface area contributed by atoms with Crippen molar-refractivity contribution in [3.05, 3.63) is 29.8 Å². The number of H-pyrrole nitrogens is 1. The zero-order chi connectivity index (χ0) is 27.5. The summed E-state index contributed by atoms with van der Waals surface area (Å²) in [6.07, 6.45) is 8.86. The quantitative estimate of drug-likeness (QED) is 0.534. The highest BCUT2D eigenvalue weighted by molar-refractivity contribution is 5.94. The van der Waals surface area contributed by atoms with Crippen molar-refractivity contribution in [3.63, 3.8) is 0 Å². The van der Waals surface area contributed by atoms with Crippen molar-refractivity contribution in [1.29, 1.82) is 0 Å². The largest absolute Gasteiger partial charge is 0.481 e. The van der Waals surface area contributed by atoms with Crippen LogP contribution in [0.15, 0.2) is 18.3 Å². The summed E-state index contributed by atoms with van der Waals surface area (Å²) in [7, 11) is 1.45. The highest BCUT2D eigenvalue weighted by Crippen LogP contribution is 2.40. The van der Waals surface area contributed by atoms with Crippen LogP contribution in [0.5, 0.6) is 5.88 Å². The van der Waals surface area contributed by atoms with Crippen LogP contribution in [0.3, 0.4) is 0 Å². The number of carbonyl (C=O) groups is 3. The fraction of sp³-hybridized carbons (Fsp3) is 0.607. The average Bonchev–Trinajstić information content (AvgIpc) is 3.51. The van der Waals surface area contributed by atoms with Crippen molar-refractivity contribution in [2.45, 2.75) is 95.3 Å². The van der Waals surface area contributed by atoms with Crippen LogP contribution in [0.25, 0.3) is 11.3 Å². The van der Waals surface area contributed by atoms with Crippen molar-refractivity contribution in [3.8, 4) is 17.1 Å². The second kappa shape index (κ2) is 11.7. The Balaban J connectivity index is 1.21. The van der Waals surface area contributed by atoms with E-state index < -0.39 is 5.82 Å². The molecule has 1 unspecified atom stereocenters. The van der Waals surface area contributed by atoms with Gasteiger partial charge in [0.2, 0.25) is 17.7 Å². The Hall–Kier alpha value is -3.50. The molecule has 10 nitrogen and oxygen atoms in total. The minimum atomic E-state index is -0.553. The van der Waals surface area contributed by atoms with Gasteiger partial charge in [-0.1, -0.05) is 6.42 Å². The van der Waals surface area contributed by atoms with E-state index in [9.17, 15) is 18.8 Å². The third-order valence-electron chi connectivity index (χ3n) is 8.37. The van der Waals surface area contributed by atoms with Crippen LogP contribution < -0.4 is 15.4 Å². The van der Waals surface area contributed by atoms with Crippen LogP contribution in [0.2, 0.25) is 0 Å². The lowest BCUT2D eigenvalue weighted by Crippen LogP contribution is -2.50. The first-order valence-electron chi connectivity index (χ1n) is 14.0. The van der Waals surface area contributed by atoms with Crippen LogP contribution in [-0.4, -0.2) is 69.1 Å². The van der Waals surface area contributed by atoms with Crippen LogP contribution in [0, 0.1) is 11.7 Å². The lowest BCUT2D eigenvalue weighted by molar-refractivity contribution is -0.128. The first-order valence-corrected chi connectivity index (χ1v) is 14.0. The topological polar surface area (TPSA) is 129 Å². The van der Waals surface area contributed by atoms with E-state index in [4.69, 9.17) is 4.74 Å². The number of halogens is 1. The van der Waals surface area contributed by atoms with Gasteiger partial charge in [-0.25, -0.2) is 9.37 Å². The van der Waals surface area contributed by atoms with Gasteiger partial charge in [-0.05, 0) is 64.4 Å². The van der Waals surface area contributed by atoms with Gasteiger partial charge >= 0.3 is 0 Å². The minimum absolute atomic E-state index is 0.0178. The lowest BCUT2D eigenvalue weighted by Gasteiger charge is -2.38. The Labute approximate surface area is 227 Å². The van der Waals surface area contributed by atoms with Crippen LogP contribution >= 0.6 is 0 Å². The molecular formula is C28H37FN6O4. The summed E-state index contributed by atoms with van der Waals surface area (Å²) in [6, 6.07) is 3.17. The number of ether oxygens (including phenoxy) is 1. The van der Waals surface area contributed by atoms with Crippen LogP contribution in [0.1, 0.15) is 81.6 Å². The van der Waals surface area contributed by atoms with Gasteiger partial charge in [-0.2, -0.15) is 5.10 Å². The van der Waals surface area contributed by atoms with E-state index in [1.807, 2.05) is 11.8 Å². The zero-order valence-corrected chi connectivity index (χ0v) is 22.5. The number of aromatic nitrogens is 3. The standard InChI is InChI=1S/C28H37FN6O4/c1-16-7-8-18(5-3-4-6-25(36)31-16)32-27(37)17-11-19-9-10-20(12-17)35(19)28(38)24-14-23(33-34-24)21-13-26(39-2)30-15-22(21)29/h13-20H,3-12H2,1-2H3,(H,31,36)(H,32,37)(H,33,34)/t16-,17?,18-,19-,20+/m1/s1. The molecule has 0 aliphatic carbocycles. The number of pyridine rings is 1. The van der Waals surface area contributed by atoms with Crippen molar-refractivity contribution in [2.24, 2.45) is 5.92 Å². The lowest BCUT2D eigenvalue weighted by atomic mass is 9.89. The number of amides is 3. The molecule has 3 amide bonds. The van der Waals surface area contributed by atoms with Crippen LogP contribution in [-0.2, 0) is 9.59 Å². The molecular weight excluding hydrogens is 503 g/mol. The first-order chi connectivity index (χ1) is 18.8. The van der Waals surface area contributed by atoms with E-state index in [1.165, 1.54) is 13.2 Å². The molecule has 0 spiro atoms. The van der Waals surface area contributed by atoms with Gasteiger partial charge in [-0.3, -0.25) is 19.5 Å². The van der Waals surface area contributed by atoms with E-state index in [0.717, 1.165) is 51.1 Å². The summed E-state index contributed by atoms with van der Waals surface area (Å²) in [5, 5.41) is 13.3. The molecule has 2 aromatic heterocycles. The van der Waals surface area contributed by atoms with Gasteiger partial charge in [0.15, 0.2) is 5.82 Å². The highest BCUT2D eigenvalue weighted by atomic mass is 19.1. The summed E-state index contributed by atoms with van der Waals surface area (Å²) < 4.78 is 19.5. The highest BCUT2D eigenvalue weighted by Gasteiger charge is 2.46. The van der Waals surface area contributed by atoms with Crippen molar-refractivity contribution in [1.82, 2.24) is 30.7 Å². The number of carbonyl (C=O) groups excluding carboxylic acids is 3. The SMILES string of the molecule is COc1cc(-c2cc(C(=O)N3[C@@H]4CC[C@H]3CC(C(=O)N[C@@H]3CCCCC(=O)N[C@H](C)CC3)C4)[nH]n2)c(F)cn1. The van der Waals surface area contributed by atoms with Gasteiger partial charge in [0.1, 0.15) is 5.69 Å². The van der Waals surface area contributed by atoms with Gasteiger partial charge in [0, 0.05) is 48.1 Å². The number of rotatable bonds is 5. The van der Waals surface area contributed by atoms with Gasteiger partial charge in [-0.15, -0.1) is 0 Å². The fourth-order valence-corrected chi connectivity index (χ4v) is 6.31. The molecule has 2 aromatic rings. The molecule has 210 valence electrons. The second-order valence-corrected chi connectivity index (χ2v) is 11.1. The zero-order valence-electron chi connectivity index (χ0n) is 22.5. The smallest absolute Gasteiger partial charge is 0.272 e. The fourth-order valence-electron chi connectivity index (χ4n) is 6.31. The molecule has 3 N–H and O–H groups in total. The molecule has 0 saturated carbocycles. The number of aromatic amines is 1. The maximum atomic E-state index is 14.4. The maximum Gasteiger partial charge on any atom is 0.272 e. The number of hydrogen-bond acceptors (Lipinski definition) is 6. The van der Waals surface area contributed by atoms with Gasteiger partial charge < -0.3 is 20.3 Å². The third-order valence-corrected chi connectivity index (χ3v) is 8.37. The van der Waals surface area contributed by atoms with Crippen molar-refractivity contribution >= 4 is 17.7 Å². The molecule has 0 aromatic carbocycles. The molecule has 3 aliphatic rings. The number of piperidine rings is 1. The Morgan fingerprint density at radius 1 is 1.10 bits per heavy atom. The molecule has 0 radical (unpaired) electrons. The first kappa shape index (κ1) is 27.1. The predicted molar refractivity (Wildman–Crippen MR) is 141 cm³/mol. The Morgan fingerprint density at radius 2 is 1.87 bits per heavy atom. The van der Waals surface area contributed by atoms with Crippen molar-refractivity contribution in [2.75, 3.05) is 7.11 Å². The minimum Gasteiger partial charge on any atom is -0.481 e. The molecule has 3 saturated heterocycles. The molecule has 3 fully saturated rings. The van der Waals surface area contributed by atoms with E-state index >= 15 is 0 Å². The summed E-state index contributed by atoms with van der Waals surface area (Å²) in [6.45, 7) is 2.01. The normalized spacial score (nSPS) is 27.5. The Morgan fingerprint density at radius 3 is 2.62 bits per heavy atom. The predicted octanol–water partition coefficient (Wildman–Crippen LogP) is 3.35. The van der Waals surface area contributed by atoms with Gasteiger partial charge in [0.25, 0.3) is 5.91 Å². The number of nitrogens with one attached hydrogen (secondary N) is 3. The maximum absolute atomic E-state index is 14.4. The molecule has 3 aliphatic heterocycles. The molecule has 11 heteroatoms. The van der Waals surface area contributed by atoms with E-state index in [2.05, 4.69) is 25.8 Å². The van der Waals surface area contributed by atoms with Gasteiger partial charge in [0.05, 0.1) is 19.0 Å². The number of hydrogen-bond donors (Lipinski definition) is 3. The third kappa shape index (κ3) is 6.07. The summed E-state index contributed by atoms with van der Waals surface area (Å²) >= 11 is 0. The number of methoxy groups -OCH3 is 1. The summed E-state index contributed by atoms with van der Waals surface area (Å²) in [5.74, 6) is -0.420. The van der Waals surface area contributed by atoms with Crippen molar-refractivity contribution < 1.29 is 23.5 Å². The Kier molecular flexibility index (Phi) is 8.13. The number of nitrogens with zero attached hydrogens (tertiary/aromatic N) is 3. The summed E-state index contributed by atoms with van der Waals surface area (Å²) in [4.78, 5) is 44.4. The monoisotopic (exact) mass is 540 g/mol. The molecule has 2 bridgehead atoms. The second-order valence-electron chi connectivity index (χ2n) is 11.1. The van der Waals surface area contributed by atoms with E-state index in [-0.39, 0.29) is 59.3 Å². The van der Waals surface area contributed by atoms with Crippen LogP contribution in [0.4, 0.5) is 4.39 Å². The Bertz CT molecular complexity index is 1200. The molecule has 39 heavy (non-hydrogen) atoms. The molecule has 5 rings (SSSR count). The van der Waals surface area contributed by atoms with E-state index in [1.54, 1.807) is 6.07 Å².